The van der Waals surface area contributed by atoms with Crippen molar-refractivity contribution < 1.29 is 0 Å². The van der Waals surface area contributed by atoms with Gasteiger partial charge in [-0.05, 0) is 30.0 Å². The van der Waals surface area contributed by atoms with Crippen molar-refractivity contribution in [2.45, 2.75) is 27.2 Å². The van der Waals surface area contributed by atoms with Crippen molar-refractivity contribution in [2.24, 2.45) is 5.41 Å². The maximum absolute atomic E-state index is 4.07. The van der Waals surface area contributed by atoms with Crippen molar-refractivity contribution in [3.05, 3.63) is 43.0 Å². The molecule has 2 rings (SSSR count). The lowest BCUT2D eigenvalue weighted by atomic mass is 9.92. The van der Waals surface area contributed by atoms with Gasteiger partial charge in [0.15, 0.2) is 0 Å². The number of rotatable bonds is 4. The number of hydrogen-bond donors (Lipinski definition) is 1. The minimum absolute atomic E-state index is 0.370. The van der Waals surface area contributed by atoms with E-state index in [0.717, 1.165) is 24.3 Å². The van der Waals surface area contributed by atoms with Gasteiger partial charge in [-0.3, -0.25) is 0 Å². The van der Waals surface area contributed by atoms with Crippen molar-refractivity contribution in [1.82, 2.24) is 9.55 Å². The summed E-state index contributed by atoms with van der Waals surface area (Å²) in [6.45, 7) is 7.78. The molecule has 96 valence electrons. The monoisotopic (exact) mass is 243 g/mol. The van der Waals surface area contributed by atoms with Crippen molar-refractivity contribution in [3.8, 4) is 5.69 Å². The van der Waals surface area contributed by atoms with Gasteiger partial charge in [-0.2, -0.15) is 0 Å². The molecule has 0 aliphatic heterocycles. The van der Waals surface area contributed by atoms with Crippen LogP contribution in [0, 0.1) is 5.41 Å². The largest absolute Gasteiger partial charge is 0.385 e. The van der Waals surface area contributed by atoms with Crippen LogP contribution in [-0.2, 0) is 0 Å². The topological polar surface area (TPSA) is 29.9 Å². The molecule has 1 aromatic carbocycles. The first kappa shape index (κ1) is 12.7. The van der Waals surface area contributed by atoms with E-state index in [1.807, 2.05) is 17.1 Å². The number of anilines is 1. The summed E-state index contributed by atoms with van der Waals surface area (Å²) in [6.07, 6.45) is 6.71. The Morgan fingerprint density at radius 3 is 2.78 bits per heavy atom. The predicted molar refractivity (Wildman–Crippen MR) is 76.1 cm³/mol. The van der Waals surface area contributed by atoms with Gasteiger partial charge in [0.25, 0.3) is 0 Å². The Bertz CT molecular complexity index is 481. The molecule has 3 nitrogen and oxygen atoms in total. The third-order valence-corrected chi connectivity index (χ3v) is 2.85. The molecule has 3 heteroatoms. The predicted octanol–water partition coefficient (Wildman–Crippen LogP) is 3.72. The second-order valence-electron chi connectivity index (χ2n) is 5.76. The highest BCUT2D eigenvalue weighted by molar-refractivity contribution is 5.51. The molecular weight excluding hydrogens is 222 g/mol. The van der Waals surface area contributed by atoms with E-state index in [2.05, 4.69) is 55.3 Å². The molecule has 0 saturated heterocycles. The molecule has 0 fully saturated rings. The SMILES string of the molecule is CC(C)(C)CCNc1cccc(-n2ccnc2)c1. The van der Waals surface area contributed by atoms with Crippen molar-refractivity contribution in [3.63, 3.8) is 0 Å². The average molecular weight is 243 g/mol. The molecule has 0 spiro atoms. The van der Waals surface area contributed by atoms with Gasteiger partial charge < -0.3 is 9.88 Å². The van der Waals surface area contributed by atoms with E-state index in [-0.39, 0.29) is 0 Å². The molecule has 1 heterocycles. The second-order valence-corrected chi connectivity index (χ2v) is 5.76. The first-order valence-electron chi connectivity index (χ1n) is 6.37. The third-order valence-electron chi connectivity index (χ3n) is 2.85. The molecule has 0 aliphatic carbocycles. The van der Waals surface area contributed by atoms with Gasteiger partial charge in [0.1, 0.15) is 0 Å². The van der Waals surface area contributed by atoms with Crippen LogP contribution in [0.15, 0.2) is 43.0 Å². The summed E-state index contributed by atoms with van der Waals surface area (Å²) in [6, 6.07) is 8.39. The van der Waals surface area contributed by atoms with E-state index in [9.17, 15) is 0 Å². The van der Waals surface area contributed by atoms with Crippen LogP contribution in [0.1, 0.15) is 27.2 Å². The van der Waals surface area contributed by atoms with Crippen LogP contribution in [-0.4, -0.2) is 16.1 Å². The lowest BCUT2D eigenvalue weighted by Gasteiger charge is -2.18. The van der Waals surface area contributed by atoms with Crippen LogP contribution in [0.25, 0.3) is 5.69 Å². The zero-order valence-electron chi connectivity index (χ0n) is 11.4. The summed E-state index contributed by atoms with van der Waals surface area (Å²) in [5, 5.41) is 3.47. The fraction of sp³-hybridized carbons (Fsp3) is 0.400. The van der Waals surface area contributed by atoms with Crippen LogP contribution < -0.4 is 5.32 Å². The van der Waals surface area contributed by atoms with E-state index in [0.29, 0.717) is 5.41 Å². The van der Waals surface area contributed by atoms with Crippen molar-refractivity contribution in [1.29, 1.82) is 0 Å². The maximum Gasteiger partial charge on any atom is 0.0991 e. The molecule has 1 aromatic heterocycles. The molecule has 0 atom stereocenters. The molecule has 0 aliphatic rings. The summed E-state index contributed by atoms with van der Waals surface area (Å²) >= 11 is 0. The molecule has 18 heavy (non-hydrogen) atoms. The number of benzene rings is 1. The minimum atomic E-state index is 0.370. The highest BCUT2D eigenvalue weighted by Gasteiger charge is 2.08. The summed E-state index contributed by atoms with van der Waals surface area (Å²) in [5.74, 6) is 0. The van der Waals surface area contributed by atoms with Crippen molar-refractivity contribution >= 4 is 5.69 Å². The number of hydrogen-bond acceptors (Lipinski definition) is 2. The van der Waals surface area contributed by atoms with Gasteiger partial charge in [0.05, 0.1) is 6.33 Å². The molecule has 0 bridgehead atoms. The zero-order valence-corrected chi connectivity index (χ0v) is 11.4. The lowest BCUT2D eigenvalue weighted by molar-refractivity contribution is 0.390. The summed E-state index contributed by atoms with van der Waals surface area (Å²) in [4.78, 5) is 4.07. The Hall–Kier alpha value is -1.77. The van der Waals surface area contributed by atoms with Crippen LogP contribution in [0.5, 0.6) is 0 Å². The number of imidazole rings is 1. The van der Waals surface area contributed by atoms with Gasteiger partial charge in [0, 0.05) is 30.3 Å². The zero-order chi connectivity index (χ0) is 13.0. The quantitative estimate of drug-likeness (QED) is 0.887. The number of nitrogens with one attached hydrogen (secondary N) is 1. The first-order chi connectivity index (χ1) is 8.54. The fourth-order valence-electron chi connectivity index (χ4n) is 1.77. The van der Waals surface area contributed by atoms with Crippen LogP contribution in [0.3, 0.4) is 0 Å². The van der Waals surface area contributed by atoms with Crippen LogP contribution >= 0.6 is 0 Å². The molecule has 0 saturated carbocycles. The highest BCUT2D eigenvalue weighted by atomic mass is 15.0. The first-order valence-corrected chi connectivity index (χ1v) is 6.37. The Kier molecular flexibility index (Phi) is 3.70. The van der Waals surface area contributed by atoms with Gasteiger partial charge in [0.2, 0.25) is 0 Å². The summed E-state index contributed by atoms with van der Waals surface area (Å²) in [5.41, 5.74) is 2.66. The highest BCUT2D eigenvalue weighted by Crippen LogP contribution is 2.19. The van der Waals surface area contributed by atoms with Gasteiger partial charge in [-0.25, -0.2) is 4.98 Å². The third kappa shape index (κ3) is 3.62. The van der Waals surface area contributed by atoms with Crippen molar-refractivity contribution in [2.75, 3.05) is 11.9 Å². The molecule has 0 radical (unpaired) electrons. The van der Waals surface area contributed by atoms with E-state index in [1.165, 1.54) is 0 Å². The van der Waals surface area contributed by atoms with Crippen LogP contribution in [0.2, 0.25) is 0 Å². The van der Waals surface area contributed by atoms with E-state index in [1.54, 1.807) is 6.20 Å². The molecule has 0 unspecified atom stereocenters. The van der Waals surface area contributed by atoms with Gasteiger partial charge >= 0.3 is 0 Å². The summed E-state index contributed by atoms with van der Waals surface area (Å²) in [7, 11) is 0. The smallest absolute Gasteiger partial charge is 0.0991 e. The number of aromatic nitrogens is 2. The Balaban J connectivity index is 2.00. The van der Waals surface area contributed by atoms with E-state index >= 15 is 0 Å². The van der Waals surface area contributed by atoms with Crippen LogP contribution in [0.4, 0.5) is 5.69 Å². The number of nitrogens with zero attached hydrogens (tertiary/aromatic N) is 2. The van der Waals surface area contributed by atoms with E-state index in [4.69, 9.17) is 0 Å². The normalized spacial score (nSPS) is 11.5. The second kappa shape index (κ2) is 5.25. The lowest BCUT2D eigenvalue weighted by Crippen LogP contribution is -2.12. The maximum atomic E-state index is 4.07. The van der Waals surface area contributed by atoms with Gasteiger partial charge in [-0.1, -0.05) is 26.8 Å². The Morgan fingerprint density at radius 1 is 1.28 bits per heavy atom. The van der Waals surface area contributed by atoms with E-state index < -0.39 is 0 Å². The summed E-state index contributed by atoms with van der Waals surface area (Å²) < 4.78 is 2.01. The molecule has 0 amide bonds. The molecule has 1 N–H and O–H groups in total. The average Bonchev–Trinajstić information content (AvgIpc) is 2.81. The Morgan fingerprint density at radius 2 is 2.11 bits per heavy atom. The molecule has 2 aromatic rings. The minimum Gasteiger partial charge on any atom is -0.385 e. The molecular formula is C15H21N3. The Labute approximate surface area is 109 Å². The standard InChI is InChI=1S/C15H21N3/c1-15(2,3)7-8-17-13-5-4-6-14(11-13)18-10-9-16-12-18/h4-6,9-12,17H,7-8H2,1-3H3. The van der Waals surface area contributed by atoms with Gasteiger partial charge in [-0.15, -0.1) is 0 Å². The fourth-order valence-corrected chi connectivity index (χ4v) is 1.77.